The summed E-state index contributed by atoms with van der Waals surface area (Å²) in [6.45, 7) is 0. The lowest BCUT2D eigenvalue weighted by atomic mass is 10.2. The molecular formula is C12H12N4O2S. The summed E-state index contributed by atoms with van der Waals surface area (Å²) in [5.41, 5.74) is 0.673. The molecule has 0 saturated carbocycles. The summed E-state index contributed by atoms with van der Waals surface area (Å²) in [4.78, 5) is 16.9. The Balaban J connectivity index is 1.78. The Morgan fingerprint density at radius 1 is 1.47 bits per heavy atom. The first-order chi connectivity index (χ1) is 9.22. The highest BCUT2D eigenvalue weighted by Gasteiger charge is 2.22. The summed E-state index contributed by atoms with van der Waals surface area (Å²) < 4.78 is 5.21. The molecule has 0 aliphatic carbocycles. The second-order valence-corrected chi connectivity index (χ2v) is 5.27. The summed E-state index contributed by atoms with van der Waals surface area (Å²) in [6.07, 6.45) is 1.63. The topological polar surface area (TPSA) is 71.6 Å². The van der Waals surface area contributed by atoms with Crippen molar-refractivity contribution in [3.8, 4) is 0 Å². The molecule has 2 aromatic rings. The van der Waals surface area contributed by atoms with Gasteiger partial charge in [0.05, 0.1) is 0 Å². The van der Waals surface area contributed by atoms with Gasteiger partial charge in [-0.05, 0) is 11.4 Å². The van der Waals surface area contributed by atoms with Gasteiger partial charge in [0, 0.05) is 31.2 Å². The van der Waals surface area contributed by atoms with Crippen LogP contribution in [0.15, 0.2) is 27.1 Å². The van der Waals surface area contributed by atoms with Crippen molar-refractivity contribution in [3.63, 3.8) is 0 Å². The molecule has 19 heavy (non-hydrogen) atoms. The molecule has 2 aromatic heterocycles. The van der Waals surface area contributed by atoms with Crippen molar-refractivity contribution in [3.05, 3.63) is 34.1 Å². The Hall–Kier alpha value is -2.02. The lowest BCUT2D eigenvalue weighted by Crippen LogP contribution is -2.28. The van der Waals surface area contributed by atoms with E-state index in [0.29, 0.717) is 36.7 Å². The molecule has 0 spiro atoms. The number of hydrogen-bond acceptors (Lipinski definition) is 6. The second kappa shape index (κ2) is 4.93. The average molecular weight is 276 g/mol. The van der Waals surface area contributed by atoms with Crippen LogP contribution in [-0.2, 0) is 11.2 Å². The lowest BCUT2D eigenvalue weighted by molar-refractivity contribution is -0.130. The zero-order valence-corrected chi connectivity index (χ0v) is 11.2. The smallest absolute Gasteiger partial charge is 0.274 e. The number of thiophene rings is 1. The fraction of sp³-hybridized carbons (Fsp3) is 0.333. The molecule has 0 radical (unpaired) electrons. The first-order valence-corrected chi connectivity index (χ1v) is 6.80. The van der Waals surface area contributed by atoms with Crippen molar-refractivity contribution in [2.75, 3.05) is 7.05 Å². The van der Waals surface area contributed by atoms with Crippen molar-refractivity contribution in [1.82, 2.24) is 15.1 Å². The molecule has 0 aromatic carbocycles. The van der Waals surface area contributed by atoms with E-state index < -0.39 is 0 Å². The molecule has 0 saturated heterocycles. The summed E-state index contributed by atoms with van der Waals surface area (Å²) >= 11 is 1.66. The SMILES string of the molecule is CN1N=C(c2nc(Cc3cccs3)no2)CCC1=O. The molecular weight excluding hydrogens is 264 g/mol. The van der Waals surface area contributed by atoms with Crippen LogP contribution in [0.3, 0.4) is 0 Å². The zero-order valence-electron chi connectivity index (χ0n) is 10.4. The summed E-state index contributed by atoms with van der Waals surface area (Å²) in [7, 11) is 1.63. The van der Waals surface area contributed by atoms with Crippen LogP contribution in [0, 0.1) is 0 Å². The number of hydrogen-bond donors (Lipinski definition) is 0. The van der Waals surface area contributed by atoms with Gasteiger partial charge in [0.15, 0.2) is 5.82 Å². The normalized spacial score (nSPS) is 15.7. The molecule has 1 aliphatic heterocycles. The van der Waals surface area contributed by atoms with E-state index in [2.05, 4.69) is 15.2 Å². The van der Waals surface area contributed by atoms with E-state index in [9.17, 15) is 4.79 Å². The van der Waals surface area contributed by atoms with E-state index >= 15 is 0 Å². The Bertz CT molecular complexity index is 617. The molecule has 98 valence electrons. The van der Waals surface area contributed by atoms with Crippen molar-refractivity contribution in [2.24, 2.45) is 5.10 Å². The Labute approximate surface area is 113 Å². The monoisotopic (exact) mass is 276 g/mol. The molecule has 7 heteroatoms. The Morgan fingerprint density at radius 2 is 2.37 bits per heavy atom. The average Bonchev–Trinajstić information content (AvgIpc) is 3.05. The van der Waals surface area contributed by atoms with Crippen molar-refractivity contribution < 1.29 is 9.32 Å². The fourth-order valence-electron chi connectivity index (χ4n) is 1.84. The number of carbonyl (C=O) groups is 1. The first kappa shape index (κ1) is 12.0. The number of rotatable bonds is 3. The second-order valence-electron chi connectivity index (χ2n) is 4.24. The van der Waals surface area contributed by atoms with Gasteiger partial charge in [-0.25, -0.2) is 5.01 Å². The number of carbonyl (C=O) groups excluding carboxylic acids is 1. The number of amides is 1. The molecule has 0 atom stereocenters. The number of hydrazone groups is 1. The molecule has 3 rings (SSSR count). The standard InChI is InChI=1S/C12H12N4O2S/c1-16-11(17)5-4-9(14-16)12-13-10(15-18-12)7-8-3-2-6-19-8/h2-3,6H,4-5,7H2,1H3. The van der Waals surface area contributed by atoms with Crippen molar-refractivity contribution in [1.29, 1.82) is 0 Å². The van der Waals surface area contributed by atoms with E-state index in [0.717, 1.165) is 0 Å². The van der Waals surface area contributed by atoms with E-state index in [-0.39, 0.29) is 5.91 Å². The first-order valence-electron chi connectivity index (χ1n) is 5.92. The number of aromatic nitrogens is 2. The van der Waals surface area contributed by atoms with Gasteiger partial charge in [-0.15, -0.1) is 11.3 Å². The van der Waals surface area contributed by atoms with Crippen LogP contribution < -0.4 is 0 Å². The molecule has 0 bridgehead atoms. The molecule has 0 N–H and O–H groups in total. The van der Waals surface area contributed by atoms with Crippen LogP contribution in [-0.4, -0.2) is 33.8 Å². The van der Waals surface area contributed by atoms with Gasteiger partial charge < -0.3 is 4.52 Å². The Kier molecular flexibility index (Phi) is 3.12. The van der Waals surface area contributed by atoms with E-state index in [4.69, 9.17) is 4.52 Å². The van der Waals surface area contributed by atoms with Gasteiger partial charge in [0.1, 0.15) is 5.71 Å². The minimum absolute atomic E-state index is 0.00192. The van der Waals surface area contributed by atoms with Gasteiger partial charge >= 0.3 is 0 Å². The largest absolute Gasteiger partial charge is 0.333 e. The third-order valence-electron chi connectivity index (χ3n) is 2.83. The maximum Gasteiger partial charge on any atom is 0.274 e. The van der Waals surface area contributed by atoms with Gasteiger partial charge in [-0.1, -0.05) is 11.2 Å². The van der Waals surface area contributed by atoms with E-state index in [1.165, 1.54) is 9.89 Å². The molecule has 0 unspecified atom stereocenters. The minimum Gasteiger partial charge on any atom is -0.333 e. The van der Waals surface area contributed by atoms with Crippen LogP contribution in [0.4, 0.5) is 0 Å². The van der Waals surface area contributed by atoms with Gasteiger partial charge in [0.25, 0.3) is 5.89 Å². The van der Waals surface area contributed by atoms with Crippen LogP contribution in [0.5, 0.6) is 0 Å². The molecule has 3 heterocycles. The highest BCUT2D eigenvalue weighted by atomic mass is 32.1. The third-order valence-corrected chi connectivity index (χ3v) is 3.71. The molecule has 1 amide bonds. The van der Waals surface area contributed by atoms with Crippen molar-refractivity contribution in [2.45, 2.75) is 19.3 Å². The fourth-order valence-corrected chi connectivity index (χ4v) is 2.54. The maximum absolute atomic E-state index is 11.3. The lowest BCUT2D eigenvalue weighted by Gasteiger charge is -2.17. The van der Waals surface area contributed by atoms with Crippen molar-refractivity contribution >= 4 is 23.0 Å². The third kappa shape index (κ3) is 2.55. The molecule has 1 aliphatic rings. The molecule has 6 nitrogen and oxygen atoms in total. The summed E-state index contributed by atoms with van der Waals surface area (Å²) in [5.74, 6) is 1.05. The minimum atomic E-state index is 0.00192. The number of nitrogens with zero attached hydrogens (tertiary/aromatic N) is 4. The van der Waals surface area contributed by atoms with Gasteiger partial charge in [0.2, 0.25) is 5.91 Å². The quantitative estimate of drug-likeness (QED) is 0.855. The van der Waals surface area contributed by atoms with Crippen LogP contribution in [0.1, 0.15) is 29.4 Å². The van der Waals surface area contributed by atoms with Crippen LogP contribution in [0.2, 0.25) is 0 Å². The summed E-state index contributed by atoms with van der Waals surface area (Å²) in [5, 5.41) is 11.4. The maximum atomic E-state index is 11.3. The van der Waals surface area contributed by atoms with Crippen LogP contribution in [0.25, 0.3) is 0 Å². The van der Waals surface area contributed by atoms with E-state index in [1.54, 1.807) is 18.4 Å². The highest BCUT2D eigenvalue weighted by molar-refractivity contribution is 7.09. The molecule has 0 fully saturated rings. The van der Waals surface area contributed by atoms with Crippen LogP contribution >= 0.6 is 11.3 Å². The predicted octanol–water partition coefficient (Wildman–Crippen LogP) is 1.68. The van der Waals surface area contributed by atoms with Gasteiger partial charge in [-0.3, -0.25) is 4.79 Å². The zero-order chi connectivity index (χ0) is 13.2. The highest BCUT2D eigenvalue weighted by Crippen LogP contribution is 2.15. The van der Waals surface area contributed by atoms with E-state index in [1.807, 2.05) is 17.5 Å². The Morgan fingerprint density at radius 3 is 3.11 bits per heavy atom. The predicted molar refractivity (Wildman–Crippen MR) is 70.0 cm³/mol. The summed E-state index contributed by atoms with van der Waals surface area (Å²) in [6, 6.07) is 4.03. The van der Waals surface area contributed by atoms with Gasteiger partial charge in [-0.2, -0.15) is 10.1 Å².